The molecular formula is C15H20ClNO4. The van der Waals surface area contributed by atoms with Crippen LogP contribution in [0.5, 0.6) is 11.5 Å². The third kappa shape index (κ3) is 3.60. The van der Waals surface area contributed by atoms with Crippen LogP contribution in [0.15, 0.2) is 12.1 Å². The fourth-order valence-corrected chi connectivity index (χ4v) is 2.94. The van der Waals surface area contributed by atoms with Crippen molar-refractivity contribution in [2.75, 3.05) is 13.7 Å². The van der Waals surface area contributed by atoms with Crippen molar-refractivity contribution >= 4 is 17.6 Å². The Morgan fingerprint density at radius 3 is 2.67 bits per heavy atom. The summed E-state index contributed by atoms with van der Waals surface area (Å²) in [6, 6.07) is 3.25. The lowest BCUT2D eigenvalue weighted by atomic mass is 9.99. The third-order valence-electron chi connectivity index (χ3n) is 3.77. The minimum Gasteiger partial charge on any atom is -0.491 e. The largest absolute Gasteiger partial charge is 0.491 e. The van der Waals surface area contributed by atoms with E-state index in [1.165, 1.54) is 7.11 Å². The van der Waals surface area contributed by atoms with Gasteiger partial charge in [0.25, 0.3) is 0 Å². The molecule has 0 heterocycles. The molecule has 0 amide bonds. The Hall–Kier alpha value is -1.46. The summed E-state index contributed by atoms with van der Waals surface area (Å²) in [7, 11) is 1.51. The van der Waals surface area contributed by atoms with Gasteiger partial charge in [-0.15, -0.1) is 0 Å². The highest BCUT2D eigenvalue weighted by molar-refractivity contribution is 6.32. The second-order valence-corrected chi connectivity index (χ2v) is 5.59. The van der Waals surface area contributed by atoms with Crippen molar-refractivity contribution in [3.05, 3.63) is 22.7 Å². The number of rotatable bonds is 6. The van der Waals surface area contributed by atoms with Crippen molar-refractivity contribution in [2.24, 2.45) is 5.73 Å². The molecule has 1 aliphatic carbocycles. The van der Waals surface area contributed by atoms with E-state index in [1.54, 1.807) is 12.1 Å². The van der Waals surface area contributed by atoms with Gasteiger partial charge in [-0.1, -0.05) is 11.6 Å². The lowest BCUT2D eigenvalue weighted by molar-refractivity contribution is -0.138. The average Bonchev–Trinajstić information content (AvgIpc) is 2.92. The molecule has 1 unspecified atom stereocenters. The predicted molar refractivity (Wildman–Crippen MR) is 80.3 cm³/mol. The van der Waals surface area contributed by atoms with Crippen LogP contribution in [0, 0.1) is 0 Å². The lowest BCUT2D eigenvalue weighted by Crippen LogP contribution is -2.21. The van der Waals surface area contributed by atoms with Gasteiger partial charge in [0, 0.05) is 6.54 Å². The standard InChI is InChI=1S/C15H20ClNO4/c1-20-14-12(16)6-9(11(8-17)15(18)19)7-13(14)21-10-4-2-3-5-10/h6-7,10-11H,2-5,8,17H2,1H3,(H,18,19). The second-order valence-electron chi connectivity index (χ2n) is 5.18. The fourth-order valence-electron chi connectivity index (χ4n) is 2.64. The number of benzene rings is 1. The molecule has 5 nitrogen and oxygen atoms in total. The number of aliphatic carboxylic acids is 1. The van der Waals surface area contributed by atoms with Gasteiger partial charge in [0.1, 0.15) is 0 Å². The maximum Gasteiger partial charge on any atom is 0.312 e. The number of methoxy groups -OCH3 is 1. The molecule has 0 aliphatic heterocycles. The first-order valence-corrected chi connectivity index (χ1v) is 7.41. The minimum atomic E-state index is -0.981. The normalized spacial score (nSPS) is 16.7. The summed E-state index contributed by atoms with van der Waals surface area (Å²) in [5.74, 6) is -0.857. The number of carboxylic acids is 1. The summed E-state index contributed by atoms with van der Waals surface area (Å²) < 4.78 is 11.2. The van der Waals surface area contributed by atoms with Crippen LogP contribution in [0.2, 0.25) is 5.02 Å². The highest BCUT2D eigenvalue weighted by atomic mass is 35.5. The van der Waals surface area contributed by atoms with Crippen LogP contribution in [-0.2, 0) is 4.79 Å². The van der Waals surface area contributed by atoms with E-state index in [1.807, 2.05) is 0 Å². The summed E-state index contributed by atoms with van der Waals surface area (Å²) in [6.45, 7) is 0.000853. The number of nitrogens with two attached hydrogens (primary N) is 1. The van der Waals surface area contributed by atoms with Crippen molar-refractivity contribution in [2.45, 2.75) is 37.7 Å². The van der Waals surface area contributed by atoms with Crippen molar-refractivity contribution < 1.29 is 19.4 Å². The zero-order valence-corrected chi connectivity index (χ0v) is 12.7. The summed E-state index contributed by atoms with van der Waals surface area (Å²) in [4.78, 5) is 11.3. The maximum atomic E-state index is 11.3. The van der Waals surface area contributed by atoms with Crippen LogP contribution >= 0.6 is 11.6 Å². The number of hydrogen-bond acceptors (Lipinski definition) is 4. The maximum absolute atomic E-state index is 11.3. The summed E-state index contributed by atoms with van der Waals surface area (Å²) >= 11 is 6.19. The molecule has 1 fully saturated rings. The molecule has 1 saturated carbocycles. The SMILES string of the molecule is COc1c(Cl)cc(C(CN)C(=O)O)cc1OC1CCCC1. The van der Waals surface area contributed by atoms with Gasteiger partial charge in [-0.05, 0) is 43.4 Å². The van der Waals surface area contributed by atoms with E-state index in [0.29, 0.717) is 22.1 Å². The zero-order chi connectivity index (χ0) is 15.4. The molecule has 0 aromatic heterocycles. The first-order chi connectivity index (χ1) is 10.1. The number of carboxylic acid groups (broad SMARTS) is 1. The van der Waals surface area contributed by atoms with Gasteiger partial charge in [-0.25, -0.2) is 0 Å². The molecule has 1 aromatic rings. The van der Waals surface area contributed by atoms with Crippen molar-refractivity contribution in [1.29, 1.82) is 0 Å². The van der Waals surface area contributed by atoms with Crippen molar-refractivity contribution in [1.82, 2.24) is 0 Å². The monoisotopic (exact) mass is 313 g/mol. The molecular weight excluding hydrogens is 294 g/mol. The Balaban J connectivity index is 2.35. The van der Waals surface area contributed by atoms with E-state index in [0.717, 1.165) is 25.7 Å². The lowest BCUT2D eigenvalue weighted by Gasteiger charge is -2.19. The van der Waals surface area contributed by atoms with E-state index >= 15 is 0 Å². The molecule has 0 radical (unpaired) electrons. The number of ether oxygens (including phenoxy) is 2. The van der Waals surface area contributed by atoms with E-state index in [9.17, 15) is 9.90 Å². The Labute approximate surface area is 129 Å². The van der Waals surface area contributed by atoms with Gasteiger partial charge >= 0.3 is 5.97 Å². The molecule has 2 rings (SSSR count). The number of hydrogen-bond donors (Lipinski definition) is 2. The zero-order valence-electron chi connectivity index (χ0n) is 12.0. The second kappa shape index (κ2) is 7.00. The molecule has 21 heavy (non-hydrogen) atoms. The quantitative estimate of drug-likeness (QED) is 0.844. The van der Waals surface area contributed by atoms with Gasteiger partial charge in [-0.3, -0.25) is 4.79 Å². The summed E-state index contributed by atoms with van der Waals surface area (Å²) in [6.07, 6.45) is 4.39. The van der Waals surface area contributed by atoms with Crippen molar-refractivity contribution in [3.63, 3.8) is 0 Å². The van der Waals surface area contributed by atoms with Crippen LogP contribution in [0.1, 0.15) is 37.2 Å². The van der Waals surface area contributed by atoms with Gasteiger partial charge in [0.05, 0.1) is 24.2 Å². The molecule has 6 heteroatoms. The molecule has 0 saturated heterocycles. The minimum absolute atomic E-state index is 0.000853. The summed E-state index contributed by atoms with van der Waals surface area (Å²) in [5, 5.41) is 9.56. The van der Waals surface area contributed by atoms with Crippen LogP contribution in [-0.4, -0.2) is 30.8 Å². The molecule has 0 bridgehead atoms. The van der Waals surface area contributed by atoms with E-state index < -0.39 is 11.9 Å². The first-order valence-electron chi connectivity index (χ1n) is 7.03. The van der Waals surface area contributed by atoms with Crippen LogP contribution in [0.4, 0.5) is 0 Å². The third-order valence-corrected chi connectivity index (χ3v) is 4.05. The van der Waals surface area contributed by atoms with Gasteiger partial charge < -0.3 is 20.3 Å². The van der Waals surface area contributed by atoms with Crippen LogP contribution < -0.4 is 15.2 Å². The van der Waals surface area contributed by atoms with E-state index in [-0.39, 0.29) is 12.6 Å². The Morgan fingerprint density at radius 2 is 2.14 bits per heavy atom. The molecule has 3 N–H and O–H groups in total. The Bertz CT molecular complexity index is 515. The van der Waals surface area contributed by atoms with Crippen LogP contribution in [0.3, 0.4) is 0 Å². The fraction of sp³-hybridized carbons (Fsp3) is 0.533. The molecule has 1 aromatic carbocycles. The molecule has 0 spiro atoms. The van der Waals surface area contributed by atoms with Crippen molar-refractivity contribution in [3.8, 4) is 11.5 Å². The smallest absolute Gasteiger partial charge is 0.312 e. The molecule has 1 aliphatic rings. The van der Waals surface area contributed by atoms with Gasteiger partial charge in [0.2, 0.25) is 0 Å². The van der Waals surface area contributed by atoms with Crippen LogP contribution in [0.25, 0.3) is 0 Å². The van der Waals surface area contributed by atoms with Gasteiger partial charge in [-0.2, -0.15) is 0 Å². The Kier molecular flexibility index (Phi) is 5.31. The predicted octanol–water partition coefficient (Wildman–Crippen LogP) is 2.80. The highest BCUT2D eigenvalue weighted by Crippen LogP contribution is 2.40. The van der Waals surface area contributed by atoms with Gasteiger partial charge in [0.15, 0.2) is 11.5 Å². The molecule has 1 atom stereocenters. The number of carbonyl (C=O) groups is 1. The first kappa shape index (κ1) is 15.9. The summed E-state index contributed by atoms with van der Waals surface area (Å²) in [5.41, 5.74) is 6.08. The van der Waals surface area contributed by atoms with E-state index in [2.05, 4.69) is 0 Å². The number of halogens is 1. The molecule has 116 valence electrons. The highest BCUT2D eigenvalue weighted by Gasteiger charge is 2.24. The average molecular weight is 314 g/mol. The topological polar surface area (TPSA) is 81.8 Å². The Morgan fingerprint density at radius 1 is 1.48 bits per heavy atom. The van der Waals surface area contributed by atoms with E-state index in [4.69, 9.17) is 26.8 Å².